The van der Waals surface area contributed by atoms with Gasteiger partial charge < -0.3 is 24.4 Å². The van der Waals surface area contributed by atoms with E-state index in [1.165, 1.54) is 0 Å². The molecule has 0 aromatic heterocycles. The predicted molar refractivity (Wildman–Crippen MR) is 87.4 cm³/mol. The maximum atomic E-state index is 12.0. The fourth-order valence-corrected chi connectivity index (χ4v) is 2.35. The van der Waals surface area contributed by atoms with E-state index in [0.29, 0.717) is 45.6 Å². The molecular weight excluding hydrogens is 312 g/mol. The average Bonchev–Trinajstić information content (AvgIpc) is 2.64. The molecule has 1 fully saturated rings. The number of benzene rings is 1. The molecule has 1 aromatic rings. The highest BCUT2D eigenvalue weighted by Crippen LogP contribution is 2.08. The Morgan fingerprint density at radius 2 is 1.50 bits per heavy atom. The molecule has 0 radical (unpaired) electrons. The smallest absolute Gasteiger partial charge is 0.410 e. The van der Waals surface area contributed by atoms with Gasteiger partial charge in [-0.2, -0.15) is 0 Å². The van der Waals surface area contributed by atoms with Crippen LogP contribution in [0.1, 0.15) is 18.4 Å². The number of nitrogens with zero attached hydrogens (tertiary/aromatic N) is 2. The Kier molecular flexibility index (Phi) is 7.35. The lowest BCUT2D eigenvalue weighted by Gasteiger charge is -2.33. The lowest BCUT2D eigenvalue weighted by Crippen LogP contribution is -2.50. The average molecular weight is 336 g/mol. The van der Waals surface area contributed by atoms with Crippen LogP contribution in [0.3, 0.4) is 0 Å². The van der Waals surface area contributed by atoms with E-state index in [-0.39, 0.29) is 25.4 Å². The summed E-state index contributed by atoms with van der Waals surface area (Å²) in [7, 11) is 0. The summed E-state index contributed by atoms with van der Waals surface area (Å²) in [6, 6.07) is 9.51. The molecule has 7 heteroatoms. The third kappa shape index (κ3) is 5.73. The van der Waals surface area contributed by atoms with Crippen molar-refractivity contribution >= 4 is 12.2 Å². The second kappa shape index (κ2) is 9.77. The lowest BCUT2D eigenvalue weighted by molar-refractivity contribution is 0.0572. The molecule has 24 heavy (non-hydrogen) atoms. The van der Waals surface area contributed by atoms with E-state index in [9.17, 15) is 9.59 Å². The van der Waals surface area contributed by atoms with Crippen LogP contribution in [0.4, 0.5) is 9.59 Å². The van der Waals surface area contributed by atoms with Crippen LogP contribution in [0, 0.1) is 0 Å². The Morgan fingerprint density at radius 1 is 0.917 bits per heavy atom. The summed E-state index contributed by atoms with van der Waals surface area (Å²) in [5, 5.41) is 8.68. The molecule has 0 unspecified atom stereocenters. The third-order valence-electron chi connectivity index (χ3n) is 3.78. The minimum absolute atomic E-state index is 0.0985. The first-order chi connectivity index (χ1) is 11.7. The maximum absolute atomic E-state index is 12.0. The van der Waals surface area contributed by atoms with Crippen molar-refractivity contribution in [2.75, 3.05) is 39.4 Å². The highest BCUT2D eigenvalue weighted by molar-refractivity contribution is 5.70. The van der Waals surface area contributed by atoms with Gasteiger partial charge in [-0.15, -0.1) is 0 Å². The van der Waals surface area contributed by atoms with Crippen LogP contribution >= 0.6 is 0 Å². The molecule has 1 N–H and O–H groups in total. The van der Waals surface area contributed by atoms with E-state index >= 15 is 0 Å². The molecule has 2 rings (SSSR count). The second-order valence-electron chi connectivity index (χ2n) is 5.56. The van der Waals surface area contributed by atoms with Gasteiger partial charge in [0.15, 0.2) is 0 Å². The van der Waals surface area contributed by atoms with Crippen LogP contribution < -0.4 is 0 Å². The van der Waals surface area contributed by atoms with Crippen LogP contribution in [0.5, 0.6) is 0 Å². The molecule has 132 valence electrons. The van der Waals surface area contributed by atoms with E-state index in [2.05, 4.69) is 0 Å². The highest BCUT2D eigenvalue weighted by atomic mass is 16.6. The number of piperazine rings is 1. The third-order valence-corrected chi connectivity index (χ3v) is 3.78. The zero-order valence-corrected chi connectivity index (χ0v) is 13.7. The van der Waals surface area contributed by atoms with Gasteiger partial charge in [-0.05, 0) is 18.4 Å². The number of aliphatic hydroxyl groups is 1. The molecular formula is C17H24N2O5. The molecule has 1 saturated heterocycles. The van der Waals surface area contributed by atoms with Gasteiger partial charge in [-0.3, -0.25) is 0 Å². The topological polar surface area (TPSA) is 79.3 Å². The van der Waals surface area contributed by atoms with Gasteiger partial charge in [0, 0.05) is 32.8 Å². The summed E-state index contributed by atoms with van der Waals surface area (Å²) in [5.41, 5.74) is 0.941. The second-order valence-corrected chi connectivity index (χ2v) is 5.56. The van der Waals surface area contributed by atoms with Crippen LogP contribution in [0.25, 0.3) is 0 Å². The largest absolute Gasteiger partial charge is 0.449 e. The zero-order valence-electron chi connectivity index (χ0n) is 13.7. The number of ether oxygens (including phenoxy) is 2. The molecule has 0 bridgehead atoms. The van der Waals surface area contributed by atoms with E-state index in [1.54, 1.807) is 9.80 Å². The minimum atomic E-state index is -0.370. The van der Waals surface area contributed by atoms with Gasteiger partial charge in [-0.25, -0.2) is 9.59 Å². The Morgan fingerprint density at radius 3 is 2.08 bits per heavy atom. The van der Waals surface area contributed by atoms with Crippen molar-refractivity contribution in [1.29, 1.82) is 0 Å². The van der Waals surface area contributed by atoms with Crippen molar-refractivity contribution in [3.05, 3.63) is 35.9 Å². The maximum Gasteiger partial charge on any atom is 0.410 e. The molecule has 1 aromatic carbocycles. The molecule has 1 aliphatic heterocycles. The summed E-state index contributed by atoms with van der Waals surface area (Å²) in [4.78, 5) is 27.1. The molecule has 0 aliphatic carbocycles. The first kappa shape index (κ1) is 18.1. The molecule has 0 spiro atoms. The van der Waals surface area contributed by atoms with Gasteiger partial charge >= 0.3 is 12.2 Å². The first-order valence-electron chi connectivity index (χ1n) is 8.19. The number of carbonyl (C=O) groups is 2. The predicted octanol–water partition coefficient (Wildman–Crippen LogP) is 1.85. The SMILES string of the molecule is O=C(OCCCCO)N1CCN(C(=O)OCc2ccccc2)CC1. The molecule has 1 heterocycles. The van der Waals surface area contributed by atoms with Crippen molar-refractivity contribution < 1.29 is 24.2 Å². The normalized spacial score (nSPS) is 14.4. The highest BCUT2D eigenvalue weighted by Gasteiger charge is 2.25. The summed E-state index contributed by atoms with van der Waals surface area (Å²) in [6.45, 7) is 2.37. The Balaban J connectivity index is 1.66. The Hall–Kier alpha value is -2.28. The van der Waals surface area contributed by atoms with Gasteiger partial charge in [0.25, 0.3) is 0 Å². The van der Waals surface area contributed by atoms with Crippen molar-refractivity contribution in [3.63, 3.8) is 0 Å². The summed E-state index contributed by atoms with van der Waals surface area (Å²) in [6.07, 6.45) is 0.530. The number of hydrogen-bond donors (Lipinski definition) is 1. The van der Waals surface area contributed by atoms with Crippen LogP contribution in [-0.2, 0) is 16.1 Å². The van der Waals surface area contributed by atoms with Crippen molar-refractivity contribution in [1.82, 2.24) is 9.80 Å². The van der Waals surface area contributed by atoms with E-state index in [0.717, 1.165) is 5.56 Å². The van der Waals surface area contributed by atoms with Crippen LogP contribution in [-0.4, -0.2) is 66.5 Å². The molecule has 1 aliphatic rings. The first-order valence-corrected chi connectivity index (χ1v) is 8.19. The van der Waals surface area contributed by atoms with E-state index in [4.69, 9.17) is 14.6 Å². The molecule has 7 nitrogen and oxygen atoms in total. The van der Waals surface area contributed by atoms with Crippen molar-refractivity contribution in [2.24, 2.45) is 0 Å². The van der Waals surface area contributed by atoms with Gasteiger partial charge in [0.2, 0.25) is 0 Å². The summed E-state index contributed by atoms with van der Waals surface area (Å²) in [5.74, 6) is 0. The van der Waals surface area contributed by atoms with E-state index < -0.39 is 0 Å². The lowest BCUT2D eigenvalue weighted by atomic mass is 10.2. The molecule has 0 saturated carbocycles. The molecule has 2 amide bonds. The zero-order chi connectivity index (χ0) is 17.2. The van der Waals surface area contributed by atoms with Gasteiger partial charge in [-0.1, -0.05) is 30.3 Å². The Labute approximate surface area is 141 Å². The standard InChI is InChI=1S/C17H24N2O5/c20-12-4-5-13-23-16(21)18-8-10-19(11-9-18)17(22)24-14-15-6-2-1-3-7-15/h1-3,6-7,20H,4-5,8-14H2. The number of aliphatic hydroxyl groups excluding tert-OH is 1. The monoisotopic (exact) mass is 336 g/mol. The quantitative estimate of drug-likeness (QED) is 0.802. The fourth-order valence-electron chi connectivity index (χ4n) is 2.35. The van der Waals surface area contributed by atoms with Crippen LogP contribution in [0.15, 0.2) is 30.3 Å². The number of carbonyl (C=O) groups excluding carboxylic acids is 2. The number of hydrogen-bond acceptors (Lipinski definition) is 5. The van der Waals surface area contributed by atoms with Crippen molar-refractivity contribution in [2.45, 2.75) is 19.4 Å². The minimum Gasteiger partial charge on any atom is -0.449 e. The Bertz CT molecular complexity index is 515. The summed E-state index contributed by atoms with van der Waals surface area (Å²) < 4.78 is 10.4. The summed E-state index contributed by atoms with van der Waals surface area (Å²) >= 11 is 0. The fraction of sp³-hybridized carbons (Fsp3) is 0.529. The molecule has 0 atom stereocenters. The number of amides is 2. The number of unbranched alkanes of at least 4 members (excludes halogenated alkanes) is 1. The van der Waals surface area contributed by atoms with E-state index in [1.807, 2.05) is 30.3 Å². The van der Waals surface area contributed by atoms with Crippen LogP contribution in [0.2, 0.25) is 0 Å². The van der Waals surface area contributed by atoms with Gasteiger partial charge in [0.1, 0.15) is 6.61 Å². The van der Waals surface area contributed by atoms with Crippen molar-refractivity contribution in [3.8, 4) is 0 Å². The number of rotatable bonds is 6. The van der Waals surface area contributed by atoms with Gasteiger partial charge in [0.05, 0.1) is 6.61 Å².